The molecule has 2 nitrogen and oxygen atoms in total. The molecule has 0 rings (SSSR count). The smallest absolute Gasteiger partial charge is 0.308 e. The number of carbonyl (C=O) groups is 1. The van der Waals surface area contributed by atoms with Gasteiger partial charge >= 0.3 is 5.97 Å². The lowest BCUT2D eigenvalue weighted by Gasteiger charge is -2.05. The topological polar surface area (TPSA) is 26.3 Å². The molecule has 9 heavy (non-hydrogen) atoms. The van der Waals surface area contributed by atoms with Gasteiger partial charge in [0.05, 0.1) is 12.5 Å². The van der Waals surface area contributed by atoms with Crippen molar-refractivity contribution in [3.63, 3.8) is 0 Å². The van der Waals surface area contributed by atoms with Crippen molar-refractivity contribution in [2.45, 2.75) is 27.1 Å². The van der Waals surface area contributed by atoms with Gasteiger partial charge < -0.3 is 4.74 Å². The second-order valence-corrected chi connectivity index (χ2v) is 1.86. The minimum absolute atomic E-state index is 0.119. The Morgan fingerprint density at radius 3 is 3.00 bits per heavy atom. The van der Waals surface area contributed by atoms with Gasteiger partial charge in [-0.1, -0.05) is 13.8 Å². The molecule has 0 N–H and O–H groups in total. The van der Waals surface area contributed by atoms with Crippen LogP contribution in [0.25, 0.3) is 0 Å². The predicted molar refractivity (Wildman–Crippen MR) is 36.1 cm³/mol. The van der Waals surface area contributed by atoms with Crippen LogP contribution >= 0.6 is 0 Å². The van der Waals surface area contributed by atoms with Gasteiger partial charge in [-0.05, 0) is 13.3 Å². The van der Waals surface area contributed by atoms with Crippen molar-refractivity contribution in [1.29, 1.82) is 0 Å². The maximum Gasteiger partial charge on any atom is 0.308 e. The molecule has 0 aliphatic rings. The van der Waals surface area contributed by atoms with Crippen molar-refractivity contribution in [2.75, 3.05) is 6.61 Å². The van der Waals surface area contributed by atoms with Crippen molar-refractivity contribution >= 4 is 5.97 Å². The highest BCUT2D eigenvalue weighted by Crippen LogP contribution is 2.01. The van der Waals surface area contributed by atoms with E-state index in [2.05, 4.69) is 4.74 Å². The Hall–Kier alpha value is -0.530. The fourth-order valence-corrected chi connectivity index (χ4v) is 0.368. The van der Waals surface area contributed by atoms with E-state index in [9.17, 15) is 4.79 Å². The molecule has 0 radical (unpaired) electrons. The van der Waals surface area contributed by atoms with Crippen molar-refractivity contribution in [2.24, 2.45) is 5.92 Å². The van der Waals surface area contributed by atoms with E-state index in [1.54, 1.807) is 13.8 Å². The molecule has 1 atom stereocenters. The molecule has 0 heterocycles. The van der Waals surface area contributed by atoms with Crippen LogP contribution in [-0.4, -0.2) is 12.6 Å². The summed E-state index contributed by atoms with van der Waals surface area (Å²) in [6.07, 6.45) is -0.119. The molecule has 0 aliphatic heterocycles. The van der Waals surface area contributed by atoms with Crippen LogP contribution in [0.15, 0.2) is 0 Å². The molecular formula is C7H14O2. The molecule has 0 saturated carbocycles. The summed E-state index contributed by atoms with van der Waals surface area (Å²) in [7, 11) is 0. The van der Waals surface area contributed by atoms with E-state index in [0.29, 0.717) is 6.61 Å². The normalized spacial score (nSPS) is 19.1. The Morgan fingerprint density at radius 1 is 1.89 bits per heavy atom. The second-order valence-electron chi connectivity index (χ2n) is 1.86. The highest BCUT2D eigenvalue weighted by Gasteiger charge is 2.09. The zero-order chi connectivity index (χ0) is 9.78. The fourth-order valence-electron chi connectivity index (χ4n) is 0.368. The summed E-state index contributed by atoms with van der Waals surface area (Å²) in [5.41, 5.74) is 0. The summed E-state index contributed by atoms with van der Waals surface area (Å²) < 4.78 is 25.4. The van der Waals surface area contributed by atoms with E-state index in [0.717, 1.165) is 0 Å². The zero-order valence-corrected chi connectivity index (χ0v) is 5.81. The molecule has 0 fully saturated rings. The van der Waals surface area contributed by atoms with E-state index in [1.807, 2.05) is 0 Å². The molecule has 0 aromatic rings. The van der Waals surface area contributed by atoms with E-state index in [1.165, 1.54) is 0 Å². The highest BCUT2D eigenvalue weighted by molar-refractivity contribution is 5.71. The van der Waals surface area contributed by atoms with Gasteiger partial charge in [-0.15, -0.1) is 0 Å². The molecule has 0 aromatic carbocycles. The fraction of sp³-hybridized carbons (Fsp3) is 0.857. The molecule has 2 heteroatoms. The van der Waals surface area contributed by atoms with E-state index in [-0.39, 0.29) is 6.42 Å². The van der Waals surface area contributed by atoms with Gasteiger partial charge in [0.1, 0.15) is 0 Å². The first-order valence-corrected chi connectivity index (χ1v) is 3.03. The molecule has 0 spiro atoms. The lowest BCUT2D eigenvalue weighted by molar-refractivity contribution is -0.147. The summed E-state index contributed by atoms with van der Waals surface area (Å²) >= 11 is 0. The Bertz CT molecular complexity index is 153. The van der Waals surface area contributed by atoms with Crippen molar-refractivity contribution in [1.82, 2.24) is 0 Å². The Kier molecular flexibility index (Phi) is 2.09. The van der Waals surface area contributed by atoms with Crippen LogP contribution in [0.4, 0.5) is 0 Å². The Labute approximate surface area is 60.4 Å². The minimum atomic E-state index is -2.05. The third-order valence-electron chi connectivity index (χ3n) is 0.995. The molecule has 0 aromatic heterocycles. The standard InChI is InChI=1S/C7H14O2/c1-4-6(3)7(8)9-5-2/h6H,4-5H2,1-3H3/i1D3. The van der Waals surface area contributed by atoms with Gasteiger partial charge in [0.2, 0.25) is 0 Å². The molecule has 1 unspecified atom stereocenters. The summed E-state index contributed by atoms with van der Waals surface area (Å²) in [4.78, 5) is 10.9. The Morgan fingerprint density at radius 2 is 2.56 bits per heavy atom. The molecule has 0 bridgehead atoms. The van der Waals surface area contributed by atoms with Gasteiger partial charge in [-0.25, -0.2) is 0 Å². The van der Waals surface area contributed by atoms with E-state index < -0.39 is 18.7 Å². The first kappa shape index (κ1) is 4.31. The van der Waals surface area contributed by atoms with Gasteiger partial charge in [0.15, 0.2) is 0 Å². The number of ether oxygens (including phenoxy) is 1. The van der Waals surface area contributed by atoms with Crippen LogP contribution in [0.1, 0.15) is 31.2 Å². The van der Waals surface area contributed by atoms with Gasteiger partial charge in [0, 0.05) is 4.11 Å². The zero-order valence-electron chi connectivity index (χ0n) is 8.81. The second kappa shape index (κ2) is 4.36. The summed E-state index contributed by atoms with van der Waals surface area (Å²) in [6.45, 7) is 1.50. The number of carbonyl (C=O) groups excluding carboxylic acids is 1. The van der Waals surface area contributed by atoms with Crippen molar-refractivity contribution in [3.05, 3.63) is 0 Å². The number of rotatable bonds is 3. The van der Waals surface area contributed by atoms with Crippen LogP contribution in [-0.2, 0) is 9.53 Å². The quantitative estimate of drug-likeness (QED) is 0.546. The maximum atomic E-state index is 10.9. The van der Waals surface area contributed by atoms with Crippen LogP contribution in [0.2, 0.25) is 0 Å². The predicted octanol–water partition coefficient (Wildman–Crippen LogP) is 1.60. The average Bonchev–Trinajstić information content (AvgIpc) is 1.84. The molecule has 54 valence electrons. The summed E-state index contributed by atoms with van der Waals surface area (Å²) in [5.74, 6) is -0.980. The molecule has 0 amide bonds. The average molecular weight is 133 g/mol. The van der Waals surface area contributed by atoms with Crippen LogP contribution in [0.3, 0.4) is 0 Å². The van der Waals surface area contributed by atoms with E-state index in [4.69, 9.17) is 4.11 Å². The van der Waals surface area contributed by atoms with Crippen LogP contribution in [0.5, 0.6) is 0 Å². The summed E-state index contributed by atoms with van der Waals surface area (Å²) in [5, 5.41) is 0. The number of hydrogen-bond acceptors (Lipinski definition) is 2. The Balaban J connectivity index is 3.87. The van der Waals surface area contributed by atoms with Crippen LogP contribution in [0, 0.1) is 5.92 Å². The summed E-state index contributed by atoms with van der Waals surface area (Å²) in [6, 6.07) is 0. The van der Waals surface area contributed by atoms with E-state index >= 15 is 0 Å². The van der Waals surface area contributed by atoms with Gasteiger partial charge in [-0.2, -0.15) is 0 Å². The molecule has 0 saturated heterocycles. The molecule has 0 aliphatic carbocycles. The minimum Gasteiger partial charge on any atom is -0.466 e. The number of esters is 1. The third-order valence-corrected chi connectivity index (χ3v) is 0.995. The third kappa shape index (κ3) is 3.12. The lowest BCUT2D eigenvalue weighted by Crippen LogP contribution is -2.13. The number of hydrogen-bond donors (Lipinski definition) is 0. The monoisotopic (exact) mass is 133 g/mol. The maximum absolute atomic E-state index is 10.9. The SMILES string of the molecule is [2H]C([2H])([2H])CC(C)C(=O)OCC. The van der Waals surface area contributed by atoms with Crippen LogP contribution < -0.4 is 0 Å². The van der Waals surface area contributed by atoms with Gasteiger partial charge in [0.25, 0.3) is 0 Å². The largest absolute Gasteiger partial charge is 0.466 e. The highest BCUT2D eigenvalue weighted by atomic mass is 16.5. The van der Waals surface area contributed by atoms with Gasteiger partial charge in [-0.3, -0.25) is 4.79 Å². The first-order chi connectivity index (χ1) is 5.37. The first-order valence-electron chi connectivity index (χ1n) is 4.53. The van der Waals surface area contributed by atoms with Crippen molar-refractivity contribution in [3.8, 4) is 0 Å². The lowest BCUT2D eigenvalue weighted by atomic mass is 10.1. The molecular weight excluding hydrogens is 116 g/mol. The van der Waals surface area contributed by atoms with Crippen molar-refractivity contribution < 1.29 is 13.6 Å².